The second-order valence-electron chi connectivity index (χ2n) is 8.36. The first kappa shape index (κ1) is 22.9. The molecule has 2 atom stereocenters. The number of hydroxylamine groups is 2. The summed E-state index contributed by atoms with van der Waals surface area (Å²) >= 11 is 0. The summed E-state index contributed by atoms with van der Waals surface area (Å²) in [6, 6.07) is 1.74. The quantitative estimate of drug-likeness (QED) is 0.348. The molecule has 0 radical (unpaired) electrons. The molecule has 31 heavy (non-hydrogen) atoms. The highest BCUT2D eigenvalue weighted by molar-refractivity contribution is 5.79. The lowest BCUT2D eigenvalue weighted by atomic mass is 9.92. The summed E-state index contributed by atoms with van der Waals surface area (Å²) < 4.78 is 15.1. The van der Waals surface area contributed by atoms with E-state index in [0.717, 1.165) is 32.1 Å². The van der Waals surface area contributed by atoms with E-state index in [2.05, 4.69) is 21.4 Å². The highest BCUT2D eigenvalue weighted by Crippen LogP contribution is 2.31. The summed E-state index contributed by atoms with van der Waals surface area (Å²) in [6.07, 6.45) is 6.55. The molecular formula is C21H29FN6O3. The van der Waals surface area contributed by atoms with Gasteiger partial charge in [0.1, 0.15) is 17.6 Å². The van der Waals surface area contributed by atoms with Crippen LogP contribution in [0.3, 0.4) is 0 Å². The molecule has 2 heterocycles. The van der Waals surface area contributed by atoms with Gasteiger partial charge in [-0.2, -0.15) is 5.26 Å². The Morgan fingerprint density at radius 3 is 2.81 bits per heavy atom. The van der Waals surface area contributed by atoms with Crippen molar-refractivity contribution >= 4 is 18.1 Å². The zero-order chi connectivity index (χ0) is 22.4. The maximum Gasteiger partial charge on any atom is 0.233 e. The minimum Gasteiger partial charge on any atom is -0.350 e. The van der Waals surface area contributed by atoms with Crippen molar-refractivity contribution in [3.8, 4) is 6.07 Å². The van der Waals surface area contributed by atoms with E-state index in [-0.39, 0.29) is 36.9 Å². The molecule has 10 heteroatoms. The van der Waals surface area contributed by atoms with Crippen LogP contribution in [0.5, 0.6) is 0 Å². The van der Waals surface area contributed by atoms with E-state index in [1.54, 1.807) is 11.8 Å². The maximum absolute atomic E-state index is 15.1. The molecule has 2 amide bonds. The molecule has 0 aromatic carbocycles. The number of anilines is 1. The van der Waals surface area contributed by atoms with E-state index in [1.165, 1.54) is 0 Å². The number of aryl methyl sites for hydroxylation is 1. The summed E-state index contributed by atoms with van der Waals surface area (Å²) in [5, 5.41) is 22.1. The van der Waals surface area contributed by atoms with E-state index in [1.807, 2.05) is 0 Å². The number of nitrogens with one attached hydrogen (secondary N) is 1. The van der Waals surface area contributed by atoms with Crippen molar-refractivity contribution in [1.29, 1.82) is 5.26 Å². The zero-order valence-corrected chi connectivity index (χ0v) is 17.8. The molecule has 3 rings (SSSR count). The van der Waals surface area contributed by atoms with Crippen LogP contribution in [-0.4, -0.2) is 51.7 Å². The average molecular weight is 433 g/mol. The minimum atomic E-state index is -0.642. The van der Waals surface area contributed by atoms with Gasteiger partial charge in [0.15, 0.2) is 11.6 Å². The summed E-state index contributed by atoms with van der Waals surface area (Å²) in [7, 11) is 0. The Morgan fingerprint density at radius 2 is 2.13 bits per heavy atom. The van der Waals surface area contributed by atoms with Gasteiger partial charge in [0.2, 0.25) is 12.3 Å². The van der Waals surface area contributed by atoms with Crippen molar-refractivity contribution in [1.82, 2.24) is 20.3 Å². The Bertz CT molecular complexity index is 839. The van der Waals surface area contributed by atoms with Crippen LogP contribution in [0.15, 0.2) is 0 Å². The highest BCUT2D eigenvalue weighted by atomic mass is 19.1. The Morgan fingerprint density at radius 1 is 1.39 bits per heavy atom. The molecule has 1 aromatic rings. The van der Waals surface area contributed by atoms with Crippen LogP contribution in [0.4, 0.5) is 10.2 Å². The third-order valence-corrected chi connectivity index (χ3v) is 6.11. The van der Waals surface area contributed by atoms with E-state index >= 15 is 4.39 Å². The molecule has 9 nitrogen and oxygen atoms in total. The third-order valence-electron chi connectivity index (χ3n) is 6.11. The fourth-order valence-corrected chi connectivity index (χ4v) is 4.56. The molecular weight excluding hydrogens is 403 g/mol. The highest BCUT2D eigenvalue weighted by Gasteiger charge is 2.30. The number of hydrogen-bond donors (Lipinski definition) is 2. The Hall–Kier alpha value is -2.80. The fourth-order valence-electron chi connectivity index (χ4n) is 4.56. The summed E-state index contributed by atoms with van der Waals surface area (Å²) in [6.45, 7) is 1.93. The zero-order valence-electron chi connectivity index (χ0n) is 17.8. The number of amides is 2. The molecule has 1 aromatic heterocycles. The van der Waals surface area contributed by atoms with Gasteiger partial charge in [0.05, 0.1) is 25.1 Å². The minimum absolute atomic E-state index is 0.0512. The van der Waals surface area contributed by atoms with Gasteiger partial charge >= 0.3 is 0 Å². The number of aromatic nitrogens is 2. The van der Waals surface area contributed by atoms with Crippen LogP contribution in [-0.2, 0) is 16.1 Å². The normalized spacial score (nSPS) is 19.8. The average Bonchev–Trinajstić information content (AvgIpc) is 3.44. The van der Waals surface area contributed by atoms with E-state index in [0.29, 0.717) is 36.2 Å². The van der Waals surface area contributed by atoms with Crippen molar-refractivity contribution in [2.45, 2.75) is 64.5 Å². The largest absolute Gasteiger partial charge is 0.350 e. The molecule has 1 saturated carbocycles. The van der Waals surface area contributed by atoms with Crippen molar-refractivity contribution in [3.05, 3.63) is 17.3 Å². The lowest BCUT2D eigenvalue weighted by molar-refractivity contribution is -0.155. The standard InChI is InChI=1S/C21H29FN6O3/c1-14-25-18(19(22)20(26-14)28-8-4-7-17(28)10-23)11-24-21(30)16(12-27(31)13-29)9-15-5-2-3-6-15/h13,15-17,31H,2-9,11-12H2,1H3,(H,24,30)/t16-,17+/m1/s1. The van der Waals surface area contributed by atoms with Crippen LogP contribution in [0.25, 0.3) is 0 Å². The molecule has 1 saturated heterocycles. The number of hydrogen-bond acceptors (Lipinski definition) is 7. The van der Waals surface area contributed by atoms with Gasteiger partial charge < -0.3 is 10.2 Å². The van der Waals surface area contributed by atoms with Gasteiger partial charge in [-0.25, -0.2) is 19.4 Å². The van der Waals surface area contributed by atoms with Crippen molar-refractivity contribution < 1.29 is 19.2 Å². The van der Waals surface area contributed by atoms with E-state index < -0.39 is 17.8 Å². The Labute approximate surface area is 181 Å². The Balaban J connectivity index is 1.71. The first-order valence-corrected chi connectivity index (χ1v) is 10.8. The molecule has 0 unspecified atom stereocenters. The lowest BCUT2D eigenvalue weighted by Gasteiger charge is -2.23. The molecule has 1 aliphatic heterocycles. The predicted octanol–water partition coefficient (Wildman–Crippen LogP) is 2.08. The van der Waals surface area contributed by atoms with Gasteiger partial charge in [-0.1, -0.05) is 25.7 Å². The van der Waals surface area contributed by atoms with Crippen LogP contribution >= 0.6 is 0 Å². The topological polar surface area (TPSA) is 122 Å². The van der Waals surface area contributed by atoms with Crippen molar-refractivity contribution in [2.75, 3.05) is 18.0 Å². The van der Waals surface area contributed by atoms with Crippen molar-refractivity contribution in [3.63, 3.8) is 0 Å². The molecule has 168 valence electrons. The number of rotatable bonds is 9. The van der Waals surface area contributed by atoms with Gasteiger partial charge in [-0.05, 0) is 32.1 Å². The second kappa shape index (κ2) is 10.5. The molecule has 2 fully saturated rings. The lowest BCUT2D eigenvalue weighted by Crippen LogP contribution is -2.38. The summed E-state index contributed by atoms with van der Waals surface area (Å²) in [4.78, 5) is 33.6. The number of carbonyl (C=O) groups excluding carboxylic acids is 2. The van der Waals surface area contributed by atoms with E-state index in [9.17, 15) is 20.1 Å². The second-order valence-corrected chi connectivity index (χ2v) is 8.36. The van der Waals surface area contributed by atoms with Crippen LogP contribution in [0.2, 0.25) is 0 Å². The van der Waals surface area contributed by atoms with Crippen LogP contribution in [0.1, 0.15) is 56.5 Å². The van der Waals surface area contributed by atoms with Gasteiger partial charge in [0.25, 0.3) is 0 Å². The van der Waals surface area contributed by atoms with Crippen LogP contribution in [0, 0.1) is 35.9 Å². The van der Waals surface area contributed by atoms with Gasteiger partial charge in [-0.15, -0.1) is 0 Å². The van der Waals surface area contributed by atoms with E-state index in [4.69, 9.17) is 0 Å². The Kier molecular flexibility index (Phi) is 7.74. The van der Waals surface area contributed by atoms with Crippen LogP contribution < -0.4 is 10.2 Å². The first-order valence-electron chi connectivity index (χ1n) is 10.8. The number of nitrogens with zero attached hydrogens (tertiary/aromatic N) is 5. The molecule has 0 spiro atoms. The smallest absolute Gasteiger partial charge is 0.233 e. The van der Waals surface area contributed by atoms with Gasteiger partial charge in [-0.3, -0.25) is 14.8 Å². The number of carbonyl (C=O) groups is 2. The third kappa shape index (κ3) is 5.67. The maximum atomic E-state index is 15.1. The molecule has 1 aliphatic carbocycles. The number of nitriles is 1. The first-order chi connectivity index (χ1) is 14.9. The predicted molar refractivity (Wildman–Crippen MR) is 109 cm³/mol. The molecule has 0 bridgehead atoms. The SMILES string of the molecule is Cc1nc(CNC(=O)[C@H](CC2CCCC2)CN(O)C=O)c(F)c(N2CCC[C@H]2C#N)n1. The summed E-state index contributed by atoms with van der Waals surface area (Å²) in [5.41, 5.74) is 0.0512. The monoisotopic (exact) mass is 432 g/mol. The van der Waals surface area contributed by atoms with Gasteiger partial charge in [0, 0.05) is 6.54 Å². The fraction of sp³-hybridized carbons (Fsp3) is 0.667. The number of halogens is 1. The molecule has 2 aliphatic rings. The van der Waals surface area contributed by atoms with Crippen molar-refractivity contribution in [2.24, 2.45) is 11.8 Å². The summed E-state index contributed by atoms with van der Waals surface area (Å²) in [5.74, 6) is -0.776. The molecule has 2 N–H and O–H groups in total.